The predicted octanol–water partition coefficient (Wildman–Crippen LogP) is 2.06. The van der Waals surface area contributed by atoms with E-state index in [9.17, 15) is 14.9 Å². The third kappa shape index (κ3) is 4.44. The number of carbonyl (C=O) groups excluding carboxylic acids is 1. The molecule has 1 aromatic carbocycles. The molecule has 0 unspecified atom stereocenters. The Kier molecular flexibility index (Phi) is 4.86. The molecule has 0 fully saturated rings. The summed E-state index contributed by atoms with van der Waals surface area (Å²) >= 11 is 0. The number of aryl methyl sites for hydroxylation is 1. The number of nitro groups is 1. The van der Waals surface area contributed by atoms with Crippen LogP contribution in [0.15, 0.2) is 45.9 Å². The van der Waals surface area contributed by atoms with E-state index >= 15 is 0 Å². The van der Waals surface area contributed by atoms with E-state index in [1.54, 1.807) is 0 Å². The molecule has 0 aliphatic rings. The minimum Gasteiger partial charge on any atom is -0.400 e. The summed E-state index contributed by atoms with van der Waals surface area (Å²) in [5, 5.41) is 17.0. The van der Waals surface area contributed by atoms with Gasteiger partial charge in [-0.3, -0.25) is 14.9 Å². The van der Waals surface area contributed by atoms with Gasteiger partial charge in [-0.2, -0.15) is 5.10 Å². The molecule has 0 saturated carbocycles. The van der Waals surface area contributed by atoms with Crippen LogP contribution < -0.4 is 10.7 Å². The van der Waals surface area contributed by atoms with Gasteiger partial charge in [0.15, 0.2) is 5.76 Å². The fraction of sp³-hybridized carbons (Fsp3) is 0.143. The van der Waals surface area contributed by atoms with Crippen LogP contribution in [0.1, 0.15) is 11.3 Å². The van der Waals surface area contributed by atoms with Crippen LogP contribution in [-0.4, -0.2) is 23.6 Å². The van der Waals surface area contributed by atoms with Crippen LogP contribution in [0.5, 0.6) is 0 Å². The molecule has 1 amide bonds. The van der Waals surface area contributed by atoms with Crippen LogP contribution in [-0.2, 0) is 4.79 Å². The van der Waals surface area contributed by atoms with Crippen LogP contribution in [0.25, 0.3) is 0 Å². The first-order chi connectivity index (χ1) is 10.5. The third-order valence-electron chi connectivity index (χ3n) is 2.64. The highest BCUT2D eigenvalue weighted by Gasteiger charge is 2.10. The lowest BCUT2D eigenvalue weighted by molar-refractivity contribution is -0.402. The van der Waals surface area contributed by atoms with Crippen LogP contribution in [0.3, 0.4) is 0 Å². The Morgan fingerprint density at radius 3 is 2.91 bits per heavy atom. The second-order valence-electron chi connectivity index (χ2n) is 4.45. The number of carbonyl (C=O) groups is 1. The van der Waals surface area contributed by atoms with Crippen molar-refractivity contribution in [2.24, 2.45) is 5.10 Å². The lowest BCUT2D eigenvalue weighted by Gasteiger charge is -2.05. The summed E-state index contributed by atoms with van der Waals surface area (Å²) in [5.41, 5.74) is 4.21. The predicted molar refractivity (Wildman–Crippen MR) is 80.8 cm³/mol. The van der Waals surface area contributed by atoms with E-state index in [4.69, 9.17) is 4.42 Å². The quantitative estimate of drug-likeness (QED) is 0.482. The fourth-order valence-electron chi connectivity index (χ4n) is 1.65. The highest BCUT2D eigenvalue weighted by molar-refractivity contribution is 5.83. The number of amides is 1. The van der Waals surface area contributed by atoms with Gasteiger partial charge in [0.05, 0.1) is 18.8 Å². The Morgan fingerprint density at radius 2 is 2.23 bits per heavy atom. The van der Waals surface area contributed by atoms with Gasteiger partial charge in [0.25, 0.3) is 5.91 Å². The molecule has 0 atom stereocenters. The Hall–Kier alpha value is -3.16. The molecular weight excluding hydrogens is 288 g/mol. The molecule has 1 aromatic heterocycles. The SMILES string of the molecule is Cc1cccc(NCC(=O)N/N=C\c2ccc([N+](=O)[O-])o2)c1. The summed E-state index contributed by atoms with van der Waals surface area (Å²) in [6, 6.07) is 10.2. The lowest BCUT2D eigenvalue weighted by atomic mass is 10.2. The highest BCUT2D eigenvalue weighted by atomic mass is 16.6. The van der Waals surface area contributed by atoms with Gasteiger partial charge in [0.1, 0.15) is 4.92 Å². The second-order valence-corrected chi connectivity index (χ2v) is 4.45. The second kappa shape index (κ2) is 7.02. The van der Waals surface area contributed by atoms with E-state index < -0.39 is 4.92 Å². The lowest BCUT2D eigenvalue weighted by Crippen LogP contribution is -2.25. The maximum Gasteiger partial charge on any atom is 0.433 e. The van der Waals surface area contributed by atoms with Gasteiger partial charge in [-0.15, -0.1) is 0 Å². The van der Waals surface area contributed by atoms with E-state index in [-0.39, 0.29) is 24.1 Å². The number of benzene rings is 1. The summed E-state index contributed by atoms with van der Waals surface area (Å²) in [7, 11) is 0. The Bertz CT molecular complexity index is 708. The molecule has 0 aliphatic heterocycles. The zero-order chi connectivity index (χ0) is 15.9. The van der Waals surface area contributed by atoms with Gasteiger partial charge in [-0.05, 0) is 30.7 Å². The minimum absolute atomic E-state index is 0.0547. The molecule has 1 heterocycles. The van der Waals surface area contributed by atoms with Crippen molar-refractivity contribution in [3.63, 3.8) is 0 Å². The van der Waals surface area contributed by atoms with Gasteiger partial charge in [0, 0.05) is 5.69 Å². The molecule has 0 aliphatic carbocycles. The zero-order valence-corrected chi connectivity index (χ0v) is 11.8. The normalized spacial score (nSPS) is 10.6. The molecular formula is C14H14N4O4. The number of nitrogens with one attached hydrogen (secondary N) is 2. The van der Waals surface area contributed by atoms with Crippen LogP contribution >= 0.6 is 0 Å². The topological polar surface area (TPSA) is 110 Å². The van der Waals surface area contributed by atoms with Crippen molar-refractivity contribution in [3.8, 4) is 0 Å². The molecule has 114 valence electrons. The number of furan rings is 1. The molecule has 2 rings (SSSR count). The van der Waals surface area contributed by atoms with Gasteiger partial charge in [0.2, 0.25) is 0 Å². The van der Waals surface area contributed by atoms with E-state index in [0.717, 1.165) is 11.3 Å². The van der Waals surface area contributed by atoms with Crippen molar-refractivity contribution in [2.45, 2.75) is 6.92 Å². The van der Waals surface area contributed by atoms with Crippen molar-refractivity contribution in [1.29, 1.82) is 0 Å². The van der Waals surface area contributed by atoms with E-state index in [0.29, 0.717) is 0 Å². The van der Waals surface area contributed by atoms with Crippen molar-refractivity contribution in [3.05, 3.63) is 57.8 Å². The highest BCUT2D eigenvalue weighted by Crippen LogP contribution is 2.13. The summed E-state index contributed by atoms with van der Waals surface area (Å²) in [6.07, 6.45) is 1.19. The first-order valence-corrected chi connectivity index (χ1v) is 6.41. The molecule has 2 aromatic rings. The summed E-state index contributed by atoms with van der Waals surface area (Å²) < 4.78 is 4.85. The average Bonchev–Trinajstić information content (AvgIpc) is 2.94. The maximum absolute atomic E-state index is 11.6. The molecule has 0 saturated heterocycles. The van der Waals surface area contributed by atoms with Crippen molar-refractivity contribution >= 4 is 23.7 Å². The van der Waals surface area contributed by atoms with Gasteiger partial charge in [-0.25, -0.2) is 5.43 Å². The number of nitrogens with zero attached hydrogens (tertiary/aromatic N) is 2. The van der Waals surface area contributed by atoms with Crippen molar-refractivity contribution in [1.82, 2.24) is 5.43 Å². The first kappa shape index (κ1) is 15.2. The zero-order valence-electron chi connectivity index (χ0n) is 11.8. The van der Waals surface area contributed by atoms with Crippen LogP contribution in [0.4, 0.5) is 11.6 Å². The average molecular weight is 302 g/mol. The molecule has 0 bridgehead atoms. The van der Waals surface area contributed by atoms with Crippen molar-refractivity contribution in [2.75, 3.05) is 11.9 Å². The van der Waals surface area contributed by atoms with Gasteiger partial charge >= 0.3 is 5.88 Å². The maximum atomic E-state index is 11.6. The van der Waals surface area contributed by atoms with E-state index in [1.165, 1.54) is 18.3 Å². The standard InChI is InChI=1S/C14H14N4O4/c1-10-3-2-4-11(7-10)15-9-13(19)17-16-8-12-5-6-14(22-12)18(20)21/h2-8,15H,9H2,1H3,(H,17,19)/b16-8-. The van der Waals surface area contributed by atoms with Gasteiger partial charge < -0.3 is 9.73 Å². The molecule has 0 radical (unpaired) electrons. The number of rotatable bonds is 6. The monoisotopic (exact) mass is 302 g/mol. The molecule has 8 heteroatoms. The van der Waals surface area contributed by atoms with Crippen LogP contribution in [0, 0.1) is 17.0 Å². The Morgan fingerprint density at radius 1 is 1.41 bits per heavy atom. The van der Waals surface area contributed by atoms with E-state index in [2.05, 4.69) is 15.8 Å². The van der Waals surface area contributed by atoms with Crippen molar-refractivity contribution < 1.29 is 14.1 Å². The number of hydrogen-bond acceptors (Lipinski definition) is 6. The largest absolute Gasteiger partial charge is 0.433 e. The first-order valence-electron chi connectivity index (χ1n) is 6.41. The van der Waals surface area contributed by atoms with E-state index in [1.807, 2.05) is 31.2 Å². The van der Waals surface area contributed by atoms with Gasteiger partial charge in [-0.1, -0.05) is 12.1 Å². The third-order valence-corrected chi connectivity index (χ3v) is 2.64. The Labute approximate surface area is 126 Å². The smallest absolute Gasteiger partial charge is 0.400 e. The number of hydrogen-bond donors (Lipinski definition) is 2. The molecule has 8 nitrogen and oxygen atoms in total. The fourth-order valence-corrected chi connectivity index (χ4v) is 1.65. The summed E-state index contributed by atoms with van der Waals surface area (Å²) in [5.74, 6) is -0.550. The number of anilines is 1. The number of hydrazone groups is 1. The molecule has 2 N–H and O–H groups in total. The molecule has 0 spiro atoms. The van der Waals surface area contributed by atoms with Crippen LogP contribution in [0.2, 0.25) is 0 Å². The Balaban J connectivity index is 1.79. The molecule has 22 heavy (non-hydrogen) atoms. The minimum atomic E-state index is -0.651. The summed E-state index contributed by atoms with van der Waals surface area (Å²) in [6.45, 7) is 2.01. The summed E-state index contributed by atoms with van der Waals surface area (Å²) in [4.78, 5) is 21.4.